The smallest absolute Gasteiger partial charge is 0.276 e. The Balaban J connectivity index is 1.04. The first kappa shape index (κ1) is 28.9. The summed E-state index contributed by atoms with van der Waals surface area (Å²) >= 11 is 0. The maximum atomic E-state index is 13.3. The molecule has 41 heavy (non-hydrogen) atoms. The highest BCUT2D eigenvalue weighted by Crippen LogP contribution is 2.67. The first-order valence-electron chi connectivity index (χ1n) is 16.3. The summed E-state index contributed by atoms with van der Waals surface area (Å²) in [5.74, 6) is 3.68. The Kier molecular flexibility index (Phi) is 7.61. The fourth-order valence-electron chi connectivity index (χ4n) is 10.4. The minimum absolute atomic E-state index is 0.0383. The average molecular weight is 566 g/mol. The standard InChI is InChI=1S/C33H51N5O3/c1-21(6-11-30(40)37-16-17-38(22(2)19-37)31(41)29-20-36(5)35-34-29)26-9-10-27-25-8-7-23-18-24(39)12-14-32(23,3)28(25)13-15-33(26,27)4/h7,20-22,24-28,39H,6,8-19H2,1-5H3/t21?,22?,24-,25-,26+,27-,28-,32-,33+/m0/s1. The number of aryl methyl sites for hydroxylation is 1. The van der Waals surface area contributed by atoms with Gasteiger partial charge in [0, 0.05) is 39.1 Å². The Hall–Kier alpha value is -2.22. The topological polar surface area (TPSA) is 91.6 Å². The minimum atomic E-state index is -0.141. The maximum Gasteiger partial charge on any atom is 0.276 e. The molecule has 0 aromatic carbocycles. The Morgan fingerprint density at radius 3 is 2.66 bits per heavy atom. The van der Waals surface area contributed by atoms with Crippen LogP contribution in [-0.2, 0) is 11.8 Å². The van der Waals surface area contributed by atoms with Crippen LogP contribution in [0, 0.1) is 40.4 Å². The second kappa shape index (κ2) is 10.8. The van der Waals surface area contributed by atoms with Crippen LogP contribution in [-0.4, -0.2) is 73.5 Å². The van der Waals surface area contributed by atoms with Gasteiger partial charge in [0.1, 0.15) is 0 Å². The Bertz CT molecular complexity index is 1200. The molecule has 1 aliphatic heterocycles. The van der Waals surface area contributed by atoms with Crippen LogP contribution in [0.25, 0.3) is 0 Å². The number of piperazine rings is 1. The lowest BCUT2D eigenvalue weighted by molar-refractivity contribution is -0.134. The molecule has 5 aliphatic rings. The summed E-state index contributed by atoms with van der Waals surface area (Å²) in [7, 11) is 1.76. The highest BCUT2D eigenvalue weighted by Gasteiger charge is 2.59. The van der Waals surface area contributed by atoms with Gasteiger partial charge in [-0.05, 0) is 105 Å². The van der Waals surface area contributed by atoms with Crippen molar-refractivity contribution < 1.29 is 14.7 Å². The second-order valence-electron chi connectivity index (χ2n) is 14.9. The zero-order valence-corrected chi connectivity index (χ0v) is 25.9. The van der Waals surface area contributed by atoms with Gasteiger partial charge in [-0.15, -0.1) is 5.10 Å². The molecule has 226 valence electrons. The fraction of sp³-hybridized carbons (Fsp3) is 0.818. The Morgan fingerprint density at radius 1 is 1.12 bits per heavy atom. The van der Waals surface area contributed by atoms with Crippen molar-refractivity contribution in [2.24, 2.45) is 47.5 Å². The second-order valence-corrected chi connectivity index (χ2v) is 14.9. The molecule has 2 unspecified atom stereocenters. The fourth-order valence-corrected chi connectivity index (χ4v) is 10.4. The number of amides is 2. The molecule has 9 atom stereocenters. The third-order valence-electron chi connectivity index (χ3n) is 12.7. The summed E-state index contributed by atoms with van der Waals surface area (Å²) in [5, 5.41) is 18.2. The number of nitrogens with zero attached hydrogens (tertiary/aromatic N) is 5. The van der Waals surface area contributed by atoms with Crippen LogP contribution < -0.4 is 0 Å². The van der Waals surface area contributed by atoms with Crippen LogP contribution in [0.3, 0.4) is 0 Å². The SMILES string of the molecule is CC(CCC(=O)N1CCN(C(=O)c2cn(C)nn2)C(C)C1)[C@H]1CC[C@H]2[C@@H]3CC=C4C[C@@H](O)CC[C@]4(C)[C@H]3CC[C@]12C. The van der Waals surface area contributed by atoms with Crippen molar-refractivity contribution in [2.45, 2.75) is 104 Å². The number of allylic oxidation sites excluding steroid dienone is 1. The third kappa shape index (κ3) is 4.96. The average Bonchev–Trinajstić information content (AvgIpc) is 3.54. The lowest BCUT2D eigenvalue weighted by Crippen LogP contribution is -2.55. The van der Waals surface area contributed by atoms with Gasteiger partial charge in [-0.1, -0.05) is 37.6 Å². The van der Waals surface area contributed by atoms with E-state index in [2.05, 4.69) is 37.2 Å². The summed E-state index contributed by atoms with van der Waals surface area (Å²) in [6, 6.07) is -0.0383. The predicted molar refractivity (Wildman–Crippen MR) is 158 cm³/mol. The molecule has 1 aromatic rings. The molecule has 2 heterocycles. The number of aliphatic hydroxyl groups excluding tert-OH is 1. The van der Waals surface area contributed by atoms with Gasteiger partial charge >= 0.3 is 0 Å². The van der Waals surface area contributed by atoms with Crippen LogP contribution in [0.15, 0.2) is 17.8 Å². The molecule has 8 heteroatoms. The number of aliphatic hydroxyl groups is 1. The minimum Gasteiger partial charge on any atom is -0.393 e. The number of rotatable bonds is 5. The van der Waals surface area contributed by atoms with Crippen LogP contribution >= 0.6 is 0 Å². The number of aromatic nitrogens is 3. The van der Waals surface area contributed by atoms with Crippen molar-refractivity contribution in [1.29, 1.82) is 0 Å². The molecule has 1 N–H and O–H groups in total. The van der Waals surface area contributed by atoms with Crippen molar-refractivity contribution in [2.75, 3.05) is 19.6 Å². The zero-order chi connectivity index (χ0) is 29.1. The number of carbonyl (C=O) groups excluding carboxylic acids is 2. The normalized spacial score (nSPS) is 39.4. The lowest BCUT2D eigenvalue weighted by Gasteiger charge is -2.58. The number of carbonyl (C=O) groups is 2. The highest BCUT2D eigenvalue weighted by atomic mass is 16.3. The first-order chi connectivity index (χ1) is 19.5. The molecular weight excluding hydrogens is 514 g/mol. The summed E-state index contributed by atoms with van der Waals surface area (Å²) in [4.78, 5) is 30.0. The van der Waals surface area contributed by atoms with Gasteiger partial charge in [0.25, 0.3) is 5.91 Å². The third-order valence-corrected chi connectivity index (χ3v) is 12.7. The van der Waals surface area contributed by atoms with E-state index in [4.69, 9.17) is 0 Å². The molecular formula is C33H51N5O3. The van der Waals surface area contributed by atoms with Gasteiger partial charge in [-0.25, -0.2) is 0 Å². The van der Waals surface area contributed by atoms with Crippen LogP contribution in [0.1, 0.15) is 102 Å². The summed E-state index contributed by atoms with van der Waals surface area (Å²) in [6.45, 7) is 11.2. The van der Waals surface area contributed by atoms with Gasteiger partial charge in [0.15, 0.2) is 5.69 Å². The zero-order valence-electron chi connectivity index (χ0n) is 25.9. The lowest BCUT2D eigenvalue weighted by atomic mass is 9.47. The quantitative estimate of drug-likeness (QED) is 0.516. The Labute approximate surface area is 245 Å². The van der Waals surface area contributed by atoms with Gasteiger partial charge in [0.05, 0.1) is 12.3 Å². The molecule has 1 saturated heterocycles. The van der Waals surface area contributed by atoms with E-state index < -0.39 is 0 Å². The summed E-state index contributed by atoms with van der Waals surface area (Å²) in [6.07, 6.45) is 15.1. The molecule has 0 spiro atoms. The predicted octanol–water partition coefficient (Wildman–Crippen LogP) is 4.84. The van der Waals surface area contributed by atoms with Gasteiger partial charge < -0.3 is 14.9 Å². The van der Waals surface area contributed by atoms with Crippen molar-refractivity contribution in [1.82, 2.24) is 24.8 Å². The van der Waals surface area contributed by atoms with Crippen molar-refractivity contribution in [3.05, 3.63) is 23.5 Å². The molecule has 3 saturated carbocycles. The van der Waals surface area contributed by atoms with Crippen LogP contribution in [0.2, 0.25) is 0 Å². The molecule has 0 radical (unpaired) electrons. The van der Waals surface area contributed by atoms with E-state index in [1.54, 1.807) is 23.5 Å². The largest absolute Gasteiger partial charge is 0.393 e. The van der Waals surface area contributed by atoms with E-state index in [-0.39, 0.29) is 24.0 Å². The Morgan fingerprint density at radius 2 is 1.93 bits per heavy atom. The maximum absolute atomic E-state index is 13.3. The number of hydrogen-bond acceptors (Lipinski definition) is 5. The molecule has 4 fully saturated rings. The van der Waals surface area contributed by atoms with Crippen molar-refractivity contribution >= 4 is 11.8 Å². The van der Waals surface area contributed by atoms with E-state index in [0.717, 1.165) is 43.4 Å². The van der Waals surface area contributed by atoms with Crippen molar-refractivity contribution in [3.8, 4) is 0 Å². The molecule has 4 aliphatic carbocycles. The van der Waals surface area contributed by atoms with Crippen LogP contribution in [0.5, 0.6) is 0 Å². The molecule has 8 nitrogen and oxygen atoms in total. The number of fused-ring (bicyclic) bond motifs is 5. The molecule has 1 aromatic heterocycles. The van der Waals surface area contributed by atoms with E-state index >= 15 is 0 Å². The summed E-state index contributed by atoms with van der Waals surface area (Å²) < 4.78 is 1.54. The van der Waals surface area contributed by atoms with Crippen LogP contribution in [0.4, 0.5) is 0 Å². The molecule has 0 bridgehead atoms. The number of hydrogen-bond donors (Lipinski definition) is 1. The molecule has 2 amide bonds. The van der Waals surface area contributed by atoms with E-state index in [9.17, 15) is 14.7 Å². The van der Waals surface area contributed by atoms with Crippen molar-refractivity contribution in [3.63, 3.8) is 0 Å². The van der Waals surface area contributed by atoms with Gasteiger partial charge in [-0.2, -0.15) is 0 Å². The van der Waals surface area contributed by atoms with E-state index in [1.807, 2.05) is 16.7 Å². The molecule has 6 rings (SSSR count). The first-order valence-corrected chi connectivity index (χ1v) is 16.3. The van der Waals surface area contributed by atoms with E-state index in [0.29, 0.717) is 54.4 Å². The monoisotopic (exact) mass is 565 g/mol. The van der Waals surface area contributed by atoms with Gasteiger partial charge in [-0.3, -0.25) is 14.3 Å². The highest BCUT2D eigenvalue weighted by molar-refractivity contribution is 5.92. The van der Waals surface area contributed by atoms with E-state index in [1.165, 1.54) is 32.1 Å². The van der Waals surface area contributed by atoms with Gasteiger partial charge in [0.2, 0.25) is 5.91 Å². The summed E-state index contributed by atoms with van der Waals surface area (Å²) in [5.41, 5.74) is 2.58.